The maximum absolute atomic E-state index is 13.9. The van der Waals surface area contributed by atoms with Crippen molar-refractivity contribution >= 4 is 58.2 Å². The second kappa shape index (κ2) is 12.0. The van der Waals surface area contributed by atoms with Gasteiger partial charge in [-0.3, -0.25) is 9.36 Å². The van der Waals surface area contributed by atoms with Crippen molar-refractivity contribution in [3.05, 3.63) is 129 Å². The molecule has 40 heavy (non-hydrogen) atoms. The van der Waals surface area contributed by atoms with Gasteiger partial charge in [0.05, 0.1) is 22.4 Å². The molecule has 0 fully saturated rings. The van der Waals surface area contributed by atoms with Crippen LogP contribution in [-0.4, -0.2) is 17.1 Å². The molecule has 204 valence electrons. The quantitative estimate of drug-likeness (QED) is 0.228. The largest absolute Gasteiger partial charge is 0.488 e. The van der Waals surface area contributed by atoms with Crippen molar-refractivity contribution < 1.29 is 14.3 Å². The third kappa shape index (κ3) is 5.60. The van der Waals surface area contributed by atoms with Crippen molar-refractivity contribution in [3.63, 3.8) is 0 Å². The molecule has 4 aromatic rings. The summed E-state index contributed by atoms with van der Waals surface area (Å²) in [6.45, 7) is 3.87. The molecular formula is C30H23Cl3N2O4S. The molecule has 5 rings (SSSR count). The van der Waals surface area contributed by atoms with Gasteiger partial charge in [0.2, 0.25) is 0 Å². The Morgan fingerprint density at radius 1 is 1.05 bits per heavy atom. The number of rotatable bonds is 7. The van der Waals surface area contributed by atoms with E-state index in [2.05, 4.69) is 4.99 Å². The van der Waals surface area contributed by atoms with Gasteiger partial charge in [-0.15, -0.1) is 0 Å². The van der Waals surface area contributed by atoms with Crippen molar-refractivity contribution in [1.82, 2.24) is 4.57 Å². The summed E-state index contributed by atoms with van der Waals surface area (Å²) < 4.78 is 13.4. The first-order valence-electron chi connectivity index (χ1n) is 12.4. The molecule has 1 aromatic heterocycles. The second-order valence-electron chi connectivity index (χ2n) is 8.89. The van der Waals surface area contributed by atoms with E-state index in [4.69, 9.17) is 44.3 Å². The van der Waals surface area contributed by atoms with E-state index < -0.39 is 12.0 Å². The summed E-state index contributed by atoms with van der Waals surface area (Å²) in [5, 5.41) is 1.48. The van der Waals surface area contributed by atoms with E-state index in [1.54, 1.807) is 50.3 Å². The minimum atomic E-state index is -0.787. The van der Waals surface area contributed by atoms with Crippen molar-refractivity contribution in [3.8, 4) is 5.75 Å². The summed E-state index contributed by atoms with van der Waals surface area (Å²) in [7, 11) is 0. The van der Waals surface area contributed by atoms with Crippen molar-refractivity contribution in [2.75, 3.05) is 6.61 Å². The number of benzene rings is 3. The Bertz CT molecular complexity index is 1830. The first-order chi connectivity index (χ1) is 19.3. The minimum absolute atomic E-state index is 0.188. The Morgan fingerprint density at radius 3 is 2.55 bits per heavy atom. The molecule has 10 heteroatoms. The molecule has 0 saturated carbocycles. The number of para-hydroxylation sites is 1. The van der Waals surface area contributed by atoms with E-state index >= 15 is 0 Å². The standard InChI is InChI=1S/C30H23Cl3N2O4S/c1-3-38-29(37)26-17(2)34-30-35(27(26)21-9-5-6-10-22(21)32)28(36)25(40-30)14-18-8-4-7-11-24(18)39-16-19-12-13-20(31)15-23(19)33/h4-15,27H,3,16H2,1-2H3/b25-14-/t27-/m0/s1. The number of ether oxygens (including phenoxy) is 2. The summed E-state index contributed by atoms with van der Waals surface area (Å²) in [6.07, 6.45) is 1.76. The van der Waals surface area contributed by atoms with Gasteiger partial charge in [0.1, 0.15) is 18.4 Å². The number of hydrogen-bond acceptors (Lipinski definition) is 6. The molecule has 0 saturated heterocycles. The van der Waals surface area contributed by atoms with E-state index in [-0.39, 0.29) is 24.3 Å². The van der Waals surface area contributed by atoms with Gasteiger partial charge in [0.25, 0.3) is 5.56 Å². The highest BCUT2D eigenvalue weighted by Crippen LogP contribution is 2.34. The molecule has 0 amide bonds. The van der Waals surface area contributed by atoms with Crippen LogP contribution in [0.15, 0.2) is 87.8 Å². The molecule has 2 heterocycles. The van der Waals surface area contributed by atoms with Crippen LogP contribution >= 0.6 is 46.1 Å². The highest BCUT2D eigenvalue weighted by atomic mass is 35.5. The minimum Gasteiger partial charge on any atom is -0.488 e. The molecule has 0 spiro atoms. The molecule has 6 nitrogen and oxygen atoms in total. The van der Waals surface area contributed by atoms with Crippen molar-refractivity contribution in [2.24, 2.45) is 4.99 Å². The van der Waals surface area contributed by atoms with Gasteiger partial charge in [0.15, 0.2) is 4.80 Å². The number of hydrogen-bond donors (Lipinski definition) is 0. The fourth-order valence-electron chi connectivity index (χ4n) is 4.45. The number of carbonyl (C=O) groups is 1. The van der Waals surface area contributed by atoms with Crippen LogP contribution in [0.2, 0.25) is 15.1 Å². The molecule has 0 unspecified atom stereocenters. The second-order valence-corrected chi connectivity index (χ2v) is 11.1. The van der Waals surface area contributed by atoms with E-state index in [9.17, 15) is 9.59 Å². The number of fused-ring (bicyclic) bond motifs is 1. The number of halogens is 3. The summed E-state index contributed by atoms with van der Waals surface area (Å²) in [6, 6.07) is 19.0. The molecular weight excluding hydrogens is 591 g/mol. The lowest BCUT2D eigenvalue weighted by Gasteiger charge is -2.25. The maximum atomic E-state index is 13.9. The van der Waals surface area contributed by atoms with Crippen molar-refractivity contribution in [2.45, 2.75) is 26.5 Å². The predicted molar refractivity (Wildman–Crippen MR) is 159 cm³/mol. The van der Waals surface area contributed by atoms with Gasteiger partial charge in [-0.1, -0.05) is 88.6 Å². The SMILES string of the molecule is CCOC(=O)C1=C(C)N=c2s/c(=C\c3ccccc3OCc3ccc(Cl)cc3Cl)c(=O)n2[C@H]1c1ccccc1Cl. The highest BCUT2D eigenvalue weighted by molar-refractivity contribution is 7.07. The summed E-state index contributed by atoms with van der Waals surface area (Å²) >= 11 is 20.1. The first-order valence-corrected chi connectivity index (χ1v) is 14.3. The van der Waals surface area contributed by atoms with E-state index in [1.807, 2.05) is 36.4 Å². The zero-order valence-corrected chi connectivity index (χ0v) is 24.6. The molecule has 0 bridgehead atoms. The van der Waals surface area contributed by atoms with Crippen LogP contribution in [0.4, 0.5) is 0 Å². The summed E-state index contributed by atoms with van der Waals surface area (Å²) in [5.74, 6) is 0.0351. The van der Waals surface area contributed by atoms with Crippen LogP contribution in [0.3, 0.4) is 0 Å². The first kappa shape index (κ1) is 28.2. The normalized spacial score (nSPS) is 15.0. The van der Waals surface area contributed by atoms with Crippen LogP contribution in [0.25, 0.3) is 6.08 Å². The lowest BCUT2D eigenvalue weighted by atomic mass is 9.96. The fourth-order valence-corrected chi connectivity index (χ4v) is 6.19. The molecule has 1 atom stereocenters. The van der Waals surface area contributed by atoms with Gasteiger partial charge in [0, 0.05) is 26.2 Å². The smallest absolute Gasteiger partial charge is 0.338 e. The number of thiazole rings is 1. The number of carbonyl (C=O) groups excluding carboxylic acids is 1. The lowest BCUT2D eigenvalue weighted by molar-refractivity contribution is -0.139. The number of esters is 1. The van der Waals surface area contributed by atoms with Crippen LogP contribution in [0, 0.1) is 0 Å². The monoisotopic (exact) mass is 612 g/mol. The zero-order valence-electron chi connectivity index (χ0n) is 21.5. The van der Waals surface area contributed by atoms with Crippen LogP contribution in [-0.2, 0) is 16.1 Å². The van der Waals surface area contributed by atoms with E-state index in [1.165, 1.54) is 15.9 Å². The fraction of sp³-hybridized carbons (Fsp3) is 0.167. The summed E-state index contributed by atoms with van der Waals surface area (Å²) in [5.41, 5.74) is 2.53. The average Bonchev–Trinajstić information content (AvgIpc) is 3.22. The Morgan fingerprint density at radius 2 is 1.80 bits per heavy atom. The number of aromatic nitrogens is 1. The van der Waals surface area contributed by atoms with Gasteiger partial charge < -0.3 is 9.47 Å². The lowest BCUT2D eigenvalue weighted by Crippen LogP contribution is -2.40. The van der Waals surface area contributed by atoms with Gasteiger partial charge in [-0.25, -0.2) is 9.79 Å². The van der Waals surface area contributed by atoms with Crippen LogP contribution in [0.1, 0.15) is 36.6 Å². The molecule has 0 radical (unpaired) electrons. The topological polar surface area (TPSA) is 69.9 Å². The Labute approximate surface area is 249 Å². The van der Waals surface area contributed by atoms with Gasteiger partial charge >= 0.3 is 5.97 Å². The zero-order chi connectivity index (χ0) is 28.4. The molecule has 0 N–H and O–H groups in total. The van der Waals surface area contributed by atoms with E-state index in [0.717, 1.165) is 5.56 Å². The predicted octanol–water partition coefficient (Wildman–Crippen LogP) is 6.34. The number of allylic oxidation sites excluding steroid dienone is 1. The molecule has 1 aliphatic heterocycles. The average molecular weight is 614 g/mol. The van der Waals surface area contributed by atoms with Crippen LogP contribution < -0.4 is 19.6 Å². The third-order valence-electron chi connectivity index (χ3n) is 6.32. The van der Waals surface area contributed by atoms with Gasteiger partial charge in [-0.05, 0) is 49.8 Å². The van der Waals surface area contributed by atoms with Crippen molar-refractivity contribution in [1.29, 1.82) is 0 Å². The highest BCUT2D eigenvalue weighted by Gasteiger charge is 2.34. The molecule has 3 aromatic carbocycles. The molecule has 1 aliphatic rings. The van der Waals surface area contributed by atoms with E-state index in [0.29, 0.717) is 47.0 Å². The third-order valence-corrected chi connectivity index (χ3v) is 8.23. The molecule has 0 aliphatic carbocycles. The Balaban J connectivity index is 1.60. The summed E-state index contributed by atoms with van der Waals surface area (Å²) in [4.78, 5) is 32.0. The van der Waals surface area contributed by atoms with Gasteiger partial charge in [-0.2, -0.15) is 0 Å². The maximum Gasteiger partial charge on any atom is 0.338 e. The van der Waals surface area contributed by atoms with Crippen LogP contribution in [0.5, 0.6) is 5.75 Å². The Kier molecular flexibility index (Phi) is 8.47. The number of nitrogens with zero attached hydrogens (tertiary/aromatic N) is 2. The Hall–Kier alpha value is -3.36.